The van der Waals surface area contributed by atoms with Gasteiger partial charge in [-0.1, -0.05) is 11.6 Å². The predicted octanol–water partition coefficient (Wildman–Crippen LogP) is 4.13. The van der Waals surface area contributed by atoms with Gasteiger partial charge in [0.2, 0.25) is 0 Å². The Bertz CT molecular complexity index is 920. The van der Waals surface area contributed by atoms with Crippen molar-refractivity contribution < 1.29 is 4.79 Å². The Hall–Kier alpha value is -2.60. The second-order valence-electron chi connectivity index (χ2n) is 5.81. The van der Waals surface area contributed by atoms with E-state index in [4.69, 9.17) is 11.6 Å². The quantitative estimate of drug-likeness (QED) is 0.655. The molecule has 0 bridgehead atoms. The summed E-state index contributed by atoms with van der Waals surface area (Å²) in [5.41, 5.74) is 3.55. The average Bonchev–Trinajstić information content (AvgIpc) is 3.01. The van der Waals surface area contributed by atoms with E-state index < -0.39 is 0 Å². The van der Waals surface area contributed by atoms with Crippen LogP contribution in [-0.2, 0) is 12.8 Å². The molecule has 3 N–H and O–H groups in total. The van der Waals surface area contributed by atoms with Gasteiger partial charge in [-0.05, 0) is 49.9 Å². The van der Waals surface area contributed by atoms with Gasteiger partial charge >= 0.3 is 6.03 Å². The van der Waals surface area contributed by atoms with E-state index in [2.05, 4.69) is 25.8 Å². The number of fused-ring (bicyclic) bond motifs is 2. The molecule has 0 radical (unpaired) electrons. The number of aryl methyl sites for hydroxylation is 1. The van der Waals surface area contributed by atoms with Crippen molar-refractivity contribution in [2.45, 2.75) is 25.7 Å². The molecule has 0 saturated carbocycles. The van der Waals surface area contributed by atoms with Gasteiger partial charge in [0.05, 0.1) is 16.2 Å². The summed E-state index contributed by atoms with van der Waals surface area (Å²) in [4.78, 5) is 16.6. The van der Waals surface area contributed by atoms with E-state index in [9.17, 15) is 4.79 Å². The Morgan fingerprint density at radius 3 is 2.96 bits per heavy atom. The number of amides is 2. The number of hydrogen-bond donors (Lipinski definition) is 3. The van der Waals surface area contributed by atoms with Crippen molar-refractivity contribution in [3.63, 3.8) is 0 Å². The summed E-state index contributed by atoms with van der Waals surface area (Å²) < 4.78 is 0. The van der Waals surface area contributed by atoms with E-state index >= 15 is 0 Å². The van der Waals surface area contributed by atoms with Crippen LogP contribution in [0.15, 0.2) is 30.5 Å². The minimum absolute atomic E-state index is 0.331. The zero-order chi connectivity index (χ0) is 16.5. The highest BCUT2D eigenvalue weighted by molar-refractivity contribution is 6.35. The van der Waals surface area contributed by atoms with Crippen LogP contribution in [0.3, 0.4) is 0 Å². The van der Waals surface area contributed by atoms with Gasteiger partial charge in [0.1, 0.15) is 0 Å². The number of H-pyrrole nitrogens is 1. The lowest BCUT2D eigenvalue weighted by Gasteiger charge is -2.12. The number of nitrogens with one attached hydrogen (secondary N) is 3. The van der Waals surface area contributed by atoms with E-state index in [1.165, 1.54) is 0 Å². The van der Waals surface area contributed by atoms with Crippen LogP contribution < -0.4 is 10.6 Å². The van der Waals surface area contributed by atoms with Gasteiger partial charge in [-0.3, -0.25) is 15.4 Å². The van der Waals surface area contributed by atoms with Crippen molar-refractivity contribution in [2.75, 3.05) is 10.6 Å². The molecule has 0 aliphatic heterocycles. The van der Waals surface area contributed by atoms with Gasteiger partial charge in [-0.25, -0.2) is 4.79 Å². The lowest BCUT2D eigenvalue weighted by Crippen LogP contribution is -2.21. The second kappa shape index (κ2) is 6.13. The molecule has 0 atom stereocenters. The number of pyridine rings is 1. The Kier molecular flexibility index (Phi) is 3.82. The molecule has 2 heterocycles. The van der Waals surface area contributed by atoms with Crippen LogP contribution >= 0.6 is 11.6 Å². The summed E-state index contributed by atoms with van der Waals surface area (Å²) in [5.74, 6) is 0.610. The molecule has 24 heavy (non-hydrogen) atoms. The molecule has 0 spiro atoms. The molecule has 1 aliphatic carbocycles. The number of nitrogens with zero attached hydrogens (tertiary/aromatic N) is 2. The molecule has 4 rings (SSSR count). The number of carbonyl (C=O) groups is 1. The lowest BCUT2D eigenvalue weighted by atomic mass is 9.98. The molecular weight excluding hydrogens is 326 g/mol. The minimum Gasteiger partial charge on any atom is -0.307 e. The molecule has 2 amide bonds. The summed E-state index contributed by atoms with van der Waals surface area (Å²) in [5, 5.41) is 14.3. The molecule has 7 heteroatoms. The van der Waals surface area contributed by atoms with Crippen molar-refractivity contribution in [1.29, 1.82) is 0 Å². The van der Waals surface area contributed by atoms with Crippen molar-refractivity contribution in [2.24, 2.45) is 0 Å². The molecular formula is C17H16ClN5O. The SMILES string of the molecule is O=C(Nc1n[nH]c2c1CCCC2)Nc1ccc(Cl)c2ncccc12. The van der Waals surface area contributed by atoms with Crippen molar-refractivity contribution in [3.8, 4) is 0 Å². The van der Waals surface area contributed by atoms with Crippen molar-refractivity contribution in [1.82, 2.24) is 15.2 Å². The van der Waals surface area contributed by atoms with Crippen LogP contribution in [0, 0.1) is 0 Å². The van der Waals surface area contributed by atoms with Crippen molar-refractivity contribution >= 4 is 40.0 Å². The summed E-state index contributed by atoms with van der Waals surface area (Å²) in [6.07, 6.45) is 5.88. The predicted molar refractivity (Wildman–Crippen MR) is 94.6 cm³/mol. The highest BCUT2D eigenvalue weighted by atomic mass is 35.5. The number of benzene rings is 1. The Balaban J connectivity index is 1.57. The summed E-state index contributed by atoms with van der Waals surface area (Å²) >= 11 is 6.16. The molecule has 1 aliphatic rings. The van der Waals surface area contributed by atoms with Gasteiger partial charge in [-0.15, -0.1) is 0 Å². The highest BCUT2D eigenvalue weighted by Gasteiger charge is 2.18. The minimum atomic E-state index is -0.331. The Labute approximate surface area is 143 Å². The molecule has 1 aromatic carbocycles. The first-order valence-electron chi connectivity index (χ1n) is 7.90. The van der Waals surface area contributed by atoms with Gasteiger partial charge in [0.15, 0.2) is 5.82 Å². The van der Waals surface area contributed by atoms with E-state index in [0.29, 0.717) is 22.0 Å². The Morgan fingerprint density at radius 1 is 1.17 bits per heavy atom. The standard InChI is InChI=1S/C17H16ClN5O/c18-12-7-8-13(10-5-3-9-19-15(10)12)20-17(24)21-16-11-4-1-2-6-14(11)22-23-16/h3,5,7-9H,1-2,4,6H2,(H3,20,21,22,23,24). The normalized spacial score (nSPS) is 13.5. The number of aromatic amines is 1. The molecule has 6 nitrogen and oxygen atoms in total. The number of hydrogen-bond acceptors (Lipinski definition) is 3. The van der Waals surface area contributed by atoms with E-state index in [1.807, 2.05) is 12.1 Å². The third-order valence-corrected chi connectivity index (χ3v) is 4.56. The monoisotopic (exact) mass is 341 g/mol. The average molecular weight is 342 g/mol. The largest absolute Gasteiger partial charge is 0.324 e. The van der Waals surface area contributed by atoms with E-state index in [1.54, 1.807) is 18.3 Å². The maximum atomic E-state index is 12.4. The summed E-state index contributed by atoms with van der Waals surface area (Å²) in [7, 11) is 0. The van der Waals surface area contributed by atoms with Gasteiger partial charge < -0.3 is 5.32 Å². The summed E-state index contributed by atoms with van der Waals surface area (Å²) in [6.45, 7) is 0. The molecule has 0 fully saturated rings. The van der Waals surface area contributed by atoms with E-state index in [0.717, 1.165) is 42.3 Å². The first-order chi connectivity index (χ1) is 11.7. The van der Waals surface area contributed by atoms with Crippen LogP contribution in [0.5, 0.6) is 0 Å². The number of carbonyl (C=O) groups excluding carboxylic acids is 1. The van der Waals surface area contributed by atoms with Gasteiger partial charge in [0, 0.05) is 22.8 Å². The topological polar surface area (TPSA) is 82.7 Å². The van der Waals surface area contributed by atoms with Gasteiger partial charge in [0.25, 0.3) is 0 Å². The summed E-state index contributed by atoms with van der Waals surface area (Å²) in [6, 6.07) is 6.85. The zero-order valence-electron chi connectivity index (χ0n) is 12.9. The fourth-order valence-electron chi connectivity index (χ4n) is 3.09. The number of anilines is 2. The molecule has 3 aromatic rings. The zero-order valence-corrected chi connectivity index (χ0v) is 13.7. The third kappa shape index (κ3) is 2.69. The van der Waals surface area contributed by atoms with Crippen LogP contribution in [0.25, 0.3) is 10.9 Å². The van der Waals surface area contributed by atoms with Crippen LogP contribution in [0.2, 0.25) is 5.02 Å². The van der Waals surface area contributed by atoms with Crippen LogP contribution in [0.4, 0.5) is 16.3 Å². The van der Waals surface area contributed by atoms with Crippen molar-refractivity contribution in [3.05, 3.63) is 46.7 Å². The number of halogens is 1. The first kappa shape index (κ1) is 15.0. The first-order valence-corrected chi connectivity index (χ1v) is 8.27. The third-order valence-electron chi connectivity index (χ3n) is 4.26. The number of rotatable bonds is 2. The second-order valence-corrected chi connectivity index (χ2v) is 6.22. The Morgan fingerprint density at radius 2 is 2.04 bits per heavy atom. The fourth-order valence-corrected chi connectivity index (χ4v) is 3.31. The fraction of sp³-hybridized carbons (Fsp3) is 0.235. The number of urea groups is 1. The molecule has 2 aromatic heterocycles. The van der Waals surface area contributed by atoms with Crippen LogP contribution in [-0.4, -0.2) is 21.2 Å². The maximum Gasteiger partial charge on any atom is 0.324 e. The van der Waals surface area contributed by atoms with Gasteiger partial charge in [-0.2, -0.15) is 5.10 Å². The molecule has 122 valence electrons. The highest BCUT2D eigenvalue weighted by Crippen LogP contribution is 2.29. The van der Waals surface area contributed by atoms with E-state index in [-0.39, 0.29) is 6.03 Å². The lowest BCUT2D eigenvalue weighted by molar-refractivity contribution is 0.262. The smallest absolute Gasteiger partial charge is 0.307 e. The number of aromatic nitrogens is 3. The molecule has 0 unspecified atom stereocenters. The van der Waals surface area contributed by atoms with Crippen LogP contribution in [0.1, 0.15) is 24.1 Å². The molecule has 0 saturated heterocycles. The maximum absolute atomic E-state index is 12.4.